The molecule has 0 saturated carbocycles. The Balaban J connectivity index is 2.77. The molecule has 0 radical (unpaired) electrons. The Labute approximate surface area is 105 Å². The first-order valence-corrected chi connectivity index (χ1v) is 5.49. The third kappa shape index (κ3) is 3.44. The molecule has 18 heavy (non-hydrogen) atoms. The van der Waals surface area contributed by atoms with Gasteiger partial charge in [-0.3, -0.25) is 4.79 Å². The summed E-state index contributed by atoms with van der Waals surface area (Å²) in [5, 5.41) is 11.4. The van der Waals surface area contributed by atoms with E-state index in [9.17, 15) is 9.59 Å². The van der Waals surface area contributed by atoms with E-state index in [1.807, 2.05) is 0 Å². The summed E-state index contributed by atoms with van der Waals surface area (Å²) in [7, 11) is 1.47. The Morgan fingerprint density at radius 2 is 2.06 bits per heavy atom. The standard InChI is InChI=1S/C12H16N2O4/c1-7(2)10(12(16)17)14-11(15)8-4-5-9(18-3)13-6-8/h4-7,10H,1-3H3,(H,14,15)(H,16,17)/t10-/m1/s1. The number of hydrogen-bond acceptors (Lipinski definition) is 4. The molecule has 6 nitrogen and oxygen atoms in total. The number of amides is 1. The smallest absolute Gasteiger partial charge is 0.326 e. The summed E-state index contributed by atoms with van der Waals surface area (Å²) in [6.07, 6.45) is 1.34. The van der Waals surface area contributed by atoms with Crippen LogP contribution in [-0.4, -0.2) is 35.1 Å². The molecule has 1 atom stereocenters. The number of aliphatic carboxylic acids is 1. The second-order valence-electron chi connectivity index (χ2n) is 4.12. The molecule has 2 N–H and O–H groups in total. The number of aromatic nitrogens is 1. The Morgan fingerprint density at radius 1 is 1.39 bits per heavy atom. The molecule has 0 fully saturated rings. The van der Waals surface area contributed by atoms with Crippen LogP contribution in [0, 0.1) is 5.92 Å². The number of hydrogen-bond donors (Lipinski definition) is 2. The molecule has 0 aromatic carbocycles. The molecule has 1 heterocycles. The first kappa shape index (κ1) is 14.0. The highest BCUT2D eigenvalue weighted by atomic mass is 16.5. The molecule has 0 spiro atoms. The molecule has 98 valence electrons. The van der Waals surface area contributed by atoms with Crippen molar-refractivity contribution in [3.8, 4) is 5.88 Å². The van der Waals surface area contributed by atoms with Crippen LogP contribution in [0.15, 0.2) is 18.3 Å². The summed E-state index contributed by atoms with van der Waals surface area (Å²) in [6, 6.07) is 2.15. The summed E-state index contributed by atoms with van der Waals surface area (Å²) in [5.74, 6) is -1.33. The largest absolute Gasteiger partial charge is 0.481 e. The highest BCUT2D eigenvalue weighted by molar-refractivity contribution is 5.96. The number of carboxylic acid groups (broad SMARTS) is 1. The molecule has 0 saturated heterocycles. The van der Waals surface area contributed by atoms with E-state index in [1.165, 1.54) is 19.4 Å². The molecular formula is C12H16N2O4. The van der Waals surface area contributed by atoms with Crippen molar-refractivity contribution in [2.24, 2.45) is 5.92 Å². The number of pyridine rings is 1. The van der Waals surface area contributed by atoms with Crippen molar-refractivity contribution < 1.29 is 19.4 Å². The summed E-state index contributed by atoms with van der Waals surface area (Å²) in [5.41, 5.74) is 0.294. The molecular weight excluding hydrogens is 236 g/mol. The lowest BCUT2D eigenvalue weighted by Crippen LogP contribution is -2.44. The summed E-state index contributed by atoms with van der Waals surface area (Å²) in [4.78, 5) is 26.7. The highest BCUT2D eigenvalue weighted by Crippen LogP contribution is 2.08. The van der Waals surface area contributed by atoms with Crippen molar-refractivity contribution >= 4 is 11.9 Å². The van der Waals surface area contributed by atoms with Crippen LogP contribution in [-0.2, 0) is 4.79 Å². The minimum Gasteiger partial charge on any atom is -0.481 e. The molecule has 1 aromatic heterocycles. The lowest BCUT2D eigenvalue weighted by molar-refractivity contribution is -0.140. The molecule has 6 heteroatoms. The van der Waals surface area contributed by atoms with Gasteiger partial charge in [0.05, 0.1) is 12.7 Å². The van der Waals surface area contributed by atoms with Crippen molar-refractivity contribution in [1.29, 1.82) is 0 Å². The van der Waals surface area contributed by atoms with E-state index in [1.54, 1.807) is 19.9 Å². The summed E-state index contributed by atoms with van der Waals surface area (Å²) in [6.45, 7) is 3.46. The van der Waals surface area contributed by atoms with Gasteiger partial charge in [-0.1, -0.05) is 13.8 Å². The van der Waals surface area contributed by atoms with Crippen LogP contribution in [0.4, 0.5) is 0 Å². The monoisotopic (exact) mass is 252 g/mol. The second kappa shape index (κ2) is 6.00. The Bertz CT molecular complexity index is 428. The molecule has 0 unspecified atom stereocenters. The zero-order chi connectivity index (χ0) is 13.7. The zero-order valence-corrected chi connectivity index (χ0v) is 10.5. The van der Waals surface area contributed by atoms with E-state index in [-0.39, 0.29) is 5.92 Å². The number of ether oxygens (including phenoxy) is 1. The quantitative estimate of drug-likeness (QED) is 0.813. The molecule has 0 bridgehead atoms. The van der Waals surface area contributed by atoms with Gasteiger partial charge in [-0.05, 0) is 12.0 Å². The molecule has 0 aliphatic heterocycles. The van der Waals surface area contributed by atoms with E-state index in [2.05, 4.69) is 10.3 Å². The van der Waals surface area contributed by atoms with Gasteiger partial charge in [0.15, 0.2) is 0 Å². The van der Waals surface area contributed by atoms with Crippen LogP contribution in [0.1, 0.15) is 24.2 Å². The fourth-order valence-electron chi connectivity index (χ4n) is 1.37. The van der Waals surface area contributed by atoms with Gasteiger partial charge < -0.3 is 15.2 Å². The fraction of sp³-hybridized carbons (Fsp3) is 0.417. The third-order valence-corrected chi connectivity index (χ3v) is 2.43. The van der Waals surface area contributed by atoms with Crippen molar-refractivity contribution in [2.75, 3.05) is 7.11 Å². The van der Waals surface area contributed by atoms with Crippen LogP contribution in [0.25, 0.3) is 0 Å². The zero-order valence-electron chi connectivity index (χ0n) is 10.5. The first-order chi connectivity index (χ1) is 8.45. The van der Waals surface area contributed by atoms with E-state index < -0.39 is 17.9 Å². The van der Waals surface area contributed by atoms with E-state index in [4.69, 9.17) is 9.84 Å². The van der Waals surface area contributed by atoms with Crippen molar-refractivity contribution in [3.05, 3.63) is 23.9 Å². The summed E-state index contributed by atoms with van der Waals surface area (Å²) < 4.78 is 4.87. The van der Waals surface area contributed by atoms with Gasteiger partial charge in [0.25, 0.3) is 5.91 Å². The minimum atomic E-state index is -1.06. The number of methoxy groups -OCH3 is 1. The molecule has 0 aliphatic rings. The molecule has 0 aliphatic carbocycles. The highest BCUT2D eigenvalue weighted by Gasteiger charge is 2.23. The maximum atomic E-state index is 11.8. The maximum Gasteiger partial charge on any atom is 0.326 e. The van der Waals surface area contributed by atoms with Crippen LogP contribution < -0.4 is 10.1 Å². The average molecular weight is 252 g/mol. The maximum absolute atomic E-state index is 11.8. The number of carbonyl (C=O) groups is 2. The average Bonchev–Trinajstić information content (AvgIpc) is 2.35. The van der Waals surface area contributed by atoms with Gasteiger partial charge in [0.2, 0.25) is 5.88 Å². The van der Waals surface area contributed by atoms with Crippen LogP contribution in [0.5, 0.6) is 5.88 Å². The molecule has 1 rings (SSSR count). The SMILES string of the molecule is COc1ccc(C(=O)N[C@@H](C(=O)O)C(C)C)cn1. The Morgan fingerprint density at radius 3 is 2.44 bits per heavy atom. The molecule has 1 amide bonds. The minimum absolute atomic E-state index is 0.197. The van der Waals surface area contributed by atoms with Crippen LogP contribution >= 0.6 is 0 Å². The van der Waals surface area contributed by atoms with Gasteiger partial charge in [-0.2, -0.15) is 0 Å². The molecule has 1 aromatic rings. The van der Waals surface area contributed by atoms with Crippen molar-refractivity contribution in [3.63, 3.8) is 0 Å². The predicted molar refractivity (Wildman–Crippen MR) is 64.5 cm³/mol. The number of carbonyl (C=O) groups excluding carboxylic acids is 1. The number of carboxylic acids is 1. The van der Waals surface area contributed by atoms with Gasteiger partial charge in [-0.25, -0.2) is 9.78 Å². The van der Waals surface area contributed by atoms with Gasteiger partial charge >= 0.3 is 5.97 Å². The second-order valence-corrected chi connectivity index (χ2v) is 4.12. The van der Waals surface area contributed by atoms with Crippen molar-refractivity contribution in [1.82, 2.24) is 10.3 Å². The summed E-state index contributed by atoms with van der Waals surface area (Å²) >= 11 is 0. The number of rotatable bonds is 5. The fourth-order valence-corrected chi connectivity index (χ4v) is 1.37. The lowest BCUT2D eigenvalue weighted by atomic mass is 10.0. The predicted octanol–water partition coefficient (Wildman–Crippen LogP) is 0.929. The van der Waals surface area contributed by atoms with Gasteiger partial charge in [-0.15, -0.1) is 0 Å². The van der Waals surface area contributed by atoms with E-state index in [0.717, 1.165) is 0 Å². The Kier molecular flexibility index (Phi) is 4.65. The topological polar surface area (TPSA) is 88.5 Å². The Hall–Kier alpha value is -2.11. The van der Waals surface area contributed by atoms with Crippen LogP contribution in [0.3, 0.4) is 0 Å². The normalized spacial score (nSPS) is 12.0. The van der Waals surface area contributed by atoms with Gasteiger partial charge in [0, 0.05) is 12.3 Å². The number of nitrogens with zero attached hydrogens (tertiary/aromatic N) is 1. The van der Waals surface area contributed by atoms with Gasteiger partial charge in [0.1, 0.15) is 6.04 Å². The van der Waals surface area contributed by atoms with Crippen LogP contribution in [0.2, 0.25) is 0 Å². The number of nitrogens with one attached hydrogen (secondary N) is 1. The van der Waals surface area contributed by atoms with E-state index in [0.29, 0.717) is 11.4 Å². The lowest BCUT2D eigenvalue weighted by Gasteiger charge is -2.17. The van der Waals surface area contributed by atoms with E-state index >= 15 is 0 Å². The first-order valence-electron chi connectivity index (χ1n) is 5.49. The van der Waals surface area contributed by atoms with Crippen molar-refractivity contribution in [2.45, 2.75) is 19.9 Å². The third-order valence-electron chi connectivity index (χ3n) is 2.43.